The van der Waals surface area contributed by atoms with Crippen molar-refractivity contribution in [2.24, 2.45) is 0 Å². The van der Waals surface area contributed by atoms with E-state index >= 15 is 0 Å². The minimum Gasteiger partial charge on any atom is -0.368 e. The van der Waals surface area contributed by atoms with Gasteiger partial charge >= 0.3 is 0 Å². The van der Waals surface area contributed by atoms with Crippen molar-refractivity contribution in [1.29, 1.82) is 0 Å². The zero-order valence-electron chi connectivity index (χ0n) is 7.62. The molecule has 72 valence electrons. The van der Waals surface area contributed by atoms with Crippen molar-refractivity contribution >= 4 is 29.2 Å². The Morgan fingerprint density at radius 1 is 1.69 bits per heavy atom. The molecular formula is C8H12ClN3S. The number of nitrogens with one attached hydrogen (secondary N) is 1. The number of hydrogen-bond acceptors (Lipinski definition) is 4. The monoisotopic (exact) mass is 217 g/mol. The summed E-state index contributed by atoms with van der Waals surface area (Å²) in [6.45, 7) is 3.00. The number of thioether (sulfide) groups is 1. The summed E-state index contributed by atoms with van der Waals surface area (Å²) in [5.41, 5.74) is 0. The third-order valence-electron chi connectivity index (χ3n) is 1.63. The number of nitrogens with zero attached hydrogens (tertiary/aromatic N) is 2. The van der Waals surface area contributed by atoms with Gasteiger partial charge in [0.2, 0.25) is 0 Å². The molecule has 3 nitrogen and oxygen atoms in total. The summed E-state index contributed by atoms with van der Waals surface area (Å²) in [6, 6.07) is 0. The number of rotatable bonds is 4. The summed E-state index contributed by atoms with van der Waals surface area (Å²) in [5, 5.41) is 4.27. The molecule has 5 heteroatoms. The van der Waals surface area contributed by atoms with Crippen molar-refractivity contribution in [2.45, 2.75) is 12.2 Å². The fraction of sp³-hybridized carbons (Fsp3) is 0.500. The lowest BCUT2D eigenvalue weighted by molar-refractivity contribution is 0.986. The second-order valence-corrected chi connectivity index (χ2v) is 4.33. The van der Waals surface area contributed by atoms with Gasteiger partial charge < -0.3 is 5.32 Å². The van der Waals surface area contributed by atoms with E-state index in [0.717, 1.165) is 6.54 Å². The fourth-order valence-corrected chi connectivity index (χ4v) is 1.19. The third-order valence-corrected chi connectivity index (χ3v) is 2.87. The number of aromatic nitrogens is 2. The fourth-order valence-electron chi connectivity index (χ4n) is 0.766. The minimum absolute atomic E-state index is 0.547. The van der Waals surface area contributed by atoms with Crippen LogP contribution in [0.2, 0.25) is 5.02 Å². The standard InChI is InChI=1S/C8H12ClN3S/c1-6(13-2)3-11-8-7(9)4-10-5-12-8/h4-6H,3H2,1-2H3,(H,10,11,12). The molecule has 1 aromatic rings. The van der Waals surface area contributed by atoms with Crippen molar-refractivity contribution in [3.63, 3.8) is 0 Å². The van der Waals surface area contributed by atoms with Gasteiger partial charge in [0.1, 0.15) is 17.2 Å². The first kappa shape index (κ1) is 10.6. The number of halogens is 1. The molecule has 0 saturated carbocycles. The molecule has 0 aliphatic heterocycles. The molecule has 0 aromatic carbocycles. The number of hydrogen-bond donors (Lipinski definition) is 1. The summed E-state index contributed by atoms with van der Waals surface area (Å²) in [5.74, 6) is 0.706. The maximum atomic E-state index is 5.86. The summed E-state index contributed by atoms with van der Waals surface area (Å²) >= 11 is 7.66. The van der Waals surface area contributed by atoms with E-state index in [-0.39, 0.29) is 0 Å². The predicted molar refractivity (Wildman–Crippen MR) is 58.5 cm³/mol. The predicted octanol–water partition coefficient (Wildman–Crippen LogP) is 2.29. The average Bonchev–Trinajstić information content (AvgIpc) is 2.16. The van der Waals surface area contributed by atoms with E-state index < -0.39 is 0 Å². The first-order valence-corrected chi connectivity index (χ1v) is 5.62. The number of anilines is 1. The lowest BCUT2D eigenvalue weighted by Crippen LogP contribution is -2.13. The second-order valence-electron chi connectivity index (χ2n) is 2.65. The Kier molecular flexibility index (Phi) is 4.32. The van der Waals surface area contributed by atoms with Crippen molar-refractivity contribution in [1.82, 2.24) is 9.97 Å². The Balaban J connectivity index is 2.50. The van der Waals surface area contributed by atoms with E-state index in [4.69, 9.17) is 11.6 Å². The molecule has 0 amide bonds. The SMILES string of the molecule is CSC(C)CNc1ncncc1Cl. The van der Waals surface area contributed by atoms with E-state index in [1.54, 1.807) is 18.0 Å². The molecule has 0 fully saturated rings. The van der Waals surface area contributed by atoms with Crippen molar-refractivity contribution in [2.75, 3.05) is 18.1 Å². The van der Waals surface area contributed by atoms with Gasteiger partial charge in [-0.25, -0.2) is 9.97 Å². The van der Waals surface area contributed by atoms with Gasteiger partial charge in [0.25, 0.3) is 0 Å². The van der Waals surface area contributed by atoms with Crippen molar-refractivity contribution < 1.29 is 0 Å². The van der Waals surface area contributed by atoms with Crippen LogP contribution in [0.1, 0.15) is 6.92 Å². The minimum atomic E-state index is 0.547. The Morgan fingerprint density at radius 3 is 3.08 bits per heavy atom. The van der Waals surface area contributed by atoms with Crippen LogP contribution in [0.5, 0.6) is 0 Å². The largest absolute Gasteiger partial charge is 0.368 e. The molecule has 0 aliphatic carbocycles. The molecule has 13 heavy (non-hydrogen) atoms. The van der Waals surface area contributed by atoms with E-state index in [0.29, 0.717) is 16.1 Å². The summed E-state index contributed by atoms with van der Waals surface area (Å²) in [4.78, 5) is 7.83. The molecule has 1 aromatic heterocycles. The maximum absolute atomic E-state index is 5.86. The Labute approximate surface area is 87.3 Å². The highest BCUT2D eigenvalue weighted by atomic mass is 35.5. The highest BCUT2D eigenvalue weighted by molar-refractivity contribution is 7.99. The van der Waals surface area contributed by atoms with Crippen LogP contribution < -0.4 is 5.32 Å². The summed E-state index contributed by atoms with van der Waals surface area (Å²) < 4.78 is 0. The van der Waals surface area contributed by atoms with E-state index in [1.165, 1.54) is 6.33 Å². The Hall–Kier alpha value is -0.480. The molecule has 1 heterocycles. The first-order valence-electron chi connectivity index (χ1n) is 3.96. The Morgan fingerprint density at radius 2 is 2.46 bits per heavy atom. The molecular weight excluding hydrogens is 206 g/mol. The normalized spacial score (nSPS) is 12.5. The molecule has 0 spiro atoms. The zero-order valence-corrected chi connectivity index (χ0v) is 9.19. The summed E-state index contributed by atoms with van der Waals surface area (Å²) in [7, 11) is 0. The van der Waals surface area contributed by atoms with Crippen LogP contribution in [-0.4, -0.2) is 28.0 Å². The van der Waals surface area contributed by atoms with Gasteiger partial charge in [-0.3, -0.25) is 0 Å². The first-order chi connectivity index (χ1) is 6.24. The molecule has 1 N–H and O–H groups in total. The average molecular weight is 218 g/mol. The third kappa shape index (κ3) is 3.40. The van der Waals surface area contributed by atoms with Crippen LogP contribution in [-0.2, 0) is 0 Å². The van der Waals surface area contributed by atoms with Gasteiger partial charge in [0.15, 0.2) is 0 Å². The molecule has 1 atom stereocenters. The van der Waals surface area contributed by atoms with E-state index in [2.05, 4.69) is 28.5 Å². The lowest BCUT2D eigenvalue weighted by Gasteiger charge is -2.10. The van der Waals surface area contributed by atoms with Crippen molar-refractivity contribution in [3.05, 3.63) is 17.5 Å². The van der Waals surface area contributed by atoms with E-state index in [9.17, 15) is 0 Å². The van der Waals surface area contributed by atoms with Gasteiger partial charge in [0, 0.05) is 11.8 Å². The van der Waals surface area contributed by atoms with Gasteiger partial charge in [-0.15, -0.1) is 0 Å². The van der Waals surface area contributed by atoms with Crippen LogP contribution in [0.25, 0.3) is 0 Å². The molecule has 1 unspecified atom stereocenters. The molecule has 0 aliphatic rings. The second kappa shape index (κ2) is 5.29. The van der Waals surface area contributed by atoms with Gasteiger partial charge in [0.05, 0.1) is 6.20 Å². The Bertz CT molecular complexity index is 269. The summed E-state index contributed by atoms with van der Waals surface area (Å²) in [6.07, 6.45) is 5.15. The topological polar surface area (TPSA) is 37.8 Å². The zero-order chi connectivity index (χ0) is 9.68. The highest BCUT2D eigenvalue weighted by Crippen LogP contribution is 2.16. The highest BCUT2D eigenvalue weighted by Gasteiger charge is 2.02. The lowest BCUT2D eigenvalue weighted by atomic mass is 10.4. The molecule has 1 rings (SSSR count). The molecule has 0 radical (unpaired) electrons. The van der Waals surface area contributed by atoms with Crippen LogP contribution >= 0.6 is 23.4 Å². The van der Waals surface area contributed by atoms with Gasteiger partial charge in [-0.1, -0.05) is 18.5 Å². The van der Waals surface area contributed by atoms with E-state index in [1.807, 2.05) is 0 Å². The van der Waals surface area contributed by atoms with Gasteiger partial charge in [-0.2, -0.15) is 11.8 Å². The maximum Gasteiger partial charge on any atom is 0.148 e. The van der Waals surface area contributed by atoms with Gasteiger partial charge in [-0.05, 0) is 6.26 Å². The smallest absolute Gasteiger partial charge is 0.148 e. The molecule has 0 bridgehead atoms. The van der Waals surface area contributed by atoms with Crippen LogP contribution in [0.4, 0.5) is 5.82 Å². The quantitative estimate of drug-likeness (QED) is 0.840. The molecule has 0 saturated heterocycles. The van der Waals surface area contributed by atoms with Crippen LogP contribution in [0.3, 0.4) is 0 Å². The van der Waals surface area contributed by atoms with Crippen LogP contribution in [0.15, 0.2) is 12.5 Å². The van der Waals surface area contributed by atoms with Crippen molar-refractivity contribution in [3.8, 4) is 0 Å². The van der Waals surface area contributed by atoms with Crippen LogP contribution in [0, 0.1) is 0 Å².